The zero-order chi connectivity index (χ0) is 19.7. The lowest BCUT2D eigenvalue weighted by Gasteiger charge is -2.33. The third-order valence-electron chi connectivity index (χ3n) is 4.03. The minimum absolute atomic E-state index is 0.154. The van der Waals surface area contributed by atoms with Gasteiger partial charge in [-0.05, 0) is 50.2 Å². The van der Waals surface area contributed by atoms with Gasteiger partial charge >= 0.3 is 0 Å². The summed E-state index contributed by atoms with van der Waals surface area (Å²) >= 11 is 11.9. The number of halogens is 2. The summed E-state index contributed by atoms with van der Waals surface area (Å²) in [5.41, 5.74) is 2.34. The first-order valence-corrected chi connectivity index (χ1v) is 9.04. The molecule has 2 aromatic rings. The Bertz CT molecular complexity index is 943. The van der Waals surface area contributed by atoms with Crippen molar-refractivity contribution in [3.05, 3.63) is 64.2 Å². The molecule has 0 saturated heterocycles. The molecule has 0 radical (unpaired) electrons. The van der Waals surface area contributed by atoms with Crippen LogP contribution < -0.4 is 15.0 Å². The summed E-state index contributed by atoms with van der Waals surface area (Å²) in [5, 5.41) is 3.48. The molecule has 7 heteroatoms. The van der Waals surface area contributed by atoms with Crippen LogP contribution in [0.3, 0.4) is 0 Å². The van der Waals surface area contributed by atoms with Crippen molar-refractivity contribution >= 4 is 46.4 Å². The SMILES string of the molecule is C=C(C)CN1C(=O)C(C)Oc2ccc(NC(=O)c3ccc(Cl)c(Cl)c3)cc21. The van der Waals surface area contributed by atoms with Gasteiger partial charge in [-0.3, -0.25) is 9.59 Å². The fourth-order valence-electron chi connectivity index (χ4n) is 2.76. The predicted molar refractivity (Wildman–Crippen MR) is 108 cm³/mol. The summed E-state index contributed by atoms with van der Waals surface area (Å²) in [4.78, 5) is 26.6. The third kappa shape index (κ3) is 4.10. The van der Waals surface area contributed by atoms with Crippen molar-refractivity contribution < 1.29 is 14.3 Å². The number of nitrogens with one attached hydrogen (secondary N) is 1. The van der Waals surface area contributed by atoms with Gasteiger partial charge in [-0.1, -0.05) is 35.4 Å². The quantitative estimate of drug-likeness (QED) is 0.734. The van der Waals surface area contributed by atoms with Crippen molar-refractivity contribution in [3.63, 3.8) is 0 Å². The van der Waals surface area contributed by atoms with E-state index in [1.165, 1.54) is 6.07 Å². The number of carbonyl (C=O) groups excluding carboxylic acids is 2. The second kappa shape index (κ2) is 7.62. The van der Waals surface area contributed by atoms with E-state index in [0.29, 0.717) is 39.3 Å². The molecule has 0 aromatic heterocycles. The number of rotatable bonds is 4. The second-order valence-corrected chi connectivity index (χ2v) is 7.22. The van der Waals surface area contributed by atoms with Crippen LogP contribution in [0.15, 0.2) is 48.6 Å². The van der Waals surface area contributed by atoms with Crippen LogP contribution in [0.5, 0.6) is 5.75 Å². The Kier molecular flexibility index (Phi) is 5.44. The van der Waals surface area contributed by atoms with Gasteiger partial charge in [-0.25, -0.2) is 0 Å². The zero-order valence-electron chi connectivity index (χ0n) is 14.9. The van der Waals surface area contributed by atoms with Crippen LogP contribution in [0.4, 0.5) is 11.4 Å². The highest BCUT2D eigenvalue weighted by molar-refractivity contribution is 6.42. The number of benzene rings is 2. The fourth-order valence-corrected chi connectivity index (χ4v) is 3.06. The molecule has 0 aliphatic carbocycles. The highest BCUT2D eigenvalue weighted by Crippen LogP contribution is 2.36. The minimum atomic E-state index is -0.575. The van der Waals surface area contributed by atoms with Gasteiger partial charge in [-0.15, -0.1) is 0 Å². The maximum atomic E-state index is 12.5. The Labute approximate surface area is 167 Å². The maximum Gasteiger partial charge on any atom is 0.268 e. The first kappa shape index (κ1) is 19.3. The van der Waals surface area contributed by atoms with Gasteiger partial charge in [0.15, 0.2) is 6.10 Å². The van der Waals surface area contributed by atoms with E-state index in [2.05, 4.69) is 11.9 Å². The van der Waals surface area contributed by atoms with Crippen molar-refractivity contribution in [3.8, 4) is 5.75 Å². The number of hydrogen-bond donors (Lipinski definition) is 1. The number of nitrogens with zero attached hydrogens (tertiary/aromatic N) is 1. The Morgan fingerprint density at radius 2 is 1.96 bits per heavy atom. The van der Waals surface area contributed by atoms with Crippen LogP contribution in [0, 0.1) is 0 Å². The molecule has 1 aliphatic heterocycles. The monoisotopic (exact) mass is 404 g/mol. The Hall–Kier alpha value is -2.50. The highest BCUT2D eigenvalue weighted by Gasteiger charge is 2.31. The number of amides is 2. The molecule has 1 aliphatic rings. The van der Waals surface area contributed by atoms with Crippen molar-refractivity contribution in [1.82, 2.24) is 0 Å². The Morgan fingerprint density at radius 1 is 1.22 bits per heavy atom. The van der Waals surface area contributed by atoms with Crippen LogP contribution in [0.25, 0.3) is 0 Å². The molecule has 1 N–H and O–H groups in total. The highest BCUT2D eigenvalue weighted by atomic mass is 35.5. The summed E-state index contributed by atoms with van der Waals surface area (Å²) in [6.45, 7) is 7.81. The molecule has 1 heterocycles. The van der Waals surface area contributed by atoms with Gasteiger partial charge in [0.25, 0.3) is 11.8 Å². The molecule has 0 saturated carbocycles. The molecule has 1 atom stereocenters. The van der Waals surface area contributed by atoms with E-state index in [0.717, 1.165) is 5.57 Å². The van der Waals surface area contributed by atoms with Crippen LogP contribution in [0.2, 0.25) is 10.0 Å². The van der Waals surface area contributed by atoms with E-state index < -0.39 is 6.10 Å². The summed E-state index contributed by atoms with van der Waals surface area (Å²) in [7, 11) is 0. The molecule has 5 nitrogen and oxygen atoms in total. The number of anilines is 2. The Balaban J connectivity index is 1.89. The van der Waals surface area contributed by atoms with E-state index >= 15 is 0 Å². The molecular formula is C20H18Cl2N2O3. The summed E-state index contributed by atoms with van der Waals surface area (Å²) in [6, 6.07) is 9.80. The van der Waals surface area contributed by atoms with Gasteiger partial charge in [0.2, 0.25) is 0 Å². The standard InChI is InChI=1S/C20H18Cl2N2O3/c1-11(2)10-24-17-9-14(5-7-18(17)27-12(3)20(24)26)23-19(25)13-4-6-15(21)16(22)8-13/h4-9,12H,1,10H2,2-3H3,(H,23,25). The average molecular weight is 405 g/mol. The molecule has 140 valence electrons. The van der Waals surface area contributed by atoms with Crippen LogP contribution >= 0.6 is 23.2 Å². The number of carbonyl (C=O) groups is 2. The first-order valence-electron chi connectivity index (χ1n) is 8.29. The predicted octanol–water partition coefficient (Wildman–Crippen LogP) is 4.94. The first-order chi connectivity index (χ1) is 12.8. The molecule has 2 amide bonds. The Morgan fingerprint density at radius 3 is 2.63 bits per heavy atom. The largest absolute Gasteiger partial charge is 0.479 e. The van der Waals surface area contributed by atoms with Crippen molar-refractivity contribution in [2.24, 2.45) is 0 Å². The molecule has 1 unspecified atom stereocenters. The van der Waals surface area contributed by atoms with Gasteiger partial charge in [0.1, 0.15) is 5.75 Å². The van der Waals surface area contributed by atoms with Gasteiger partial charge < -0.3 is 15.0 Å². The van der Waals surface area contributed by atoms with E-state index in [9.17, 15) is 9.59 Å². The lowest BCUT2D eigenvalue weighted by Crippen LogP contribution is -2.45. The summed E-state index contributed by atoms with van der Waals surface area (Å²) in [5.74, 6) is 0.0886. The van der Waals surface area contributed by atoms with Crippen LogP contribution in [0.1, 0.15) is 24.2 Å². The minimum Gasteiger partial charge on any atom is -0.479 e. The number of fused-ring (bicyclic) bond motifs is 1. The normalized spacial score (nSPS) is 15.8. The molecule has 3 rings (SSSR count). The summed E-state index contributed by atoms with van der Waals surface area (Å²) < 4.78 is 5.66. The molecule has 0 bridgehead atoms. The van der Waals surface area contributed by atoms with Crippen molar-refractivity contribution in [2.45, 2.75) is 20.0 Å². The van der Waals surface area contributed by atoms with Crippen LogP contribution in [-0.2, 0) is 4.79 Å². The van der Waals surface area contributed by atoms with Crippen LogP contribution in [-0.4, -0.2) is 24.5 Å². The second-order valence-electron chi connectivity index (χ2n) is 6.41. The van der Waals surface area contributed by atoms with E-state index in [1.807, 2.05) is 6.92 Å². The van der Waals surface area contributed by atoms with E-state index in [-0.39, 0.29) is 11.8 Å². The average Bonchev–Trinajstić information content (AvgIpc) is 2.61. The van der Waals surface area contributed by atoms with Gasteiger partial charge in [-0.2, -0.15) is 0 Å². The lowest BCUT2D eigenvalue weighted by atomic mass is 10.1. The van der Waals surface area contributed by atoms with Gasteiger partial charge in [0, 0.05) is 17.8 Å². The number of hydrogen-bond acceptors (Lipinski definition) is 3. The zero-order valence-corrected chi connectivity index (χ0v) is 16.4. The summed E-state index contributed by atoms with van der Waals surface area (Å²) in [6.07, 6.45) is -0.575. The smallest absolute Gasteiger partial charge is 0.268 e. The molecule has 27 heavy (non-hydrogen) atoms. The molecule has 2 aromatic carbocycles. The lowest BCUT2D eigenvalue weighted by molar-refractivity contribution is -0.125. The van der Waals surface area contributed by atoms with Crippen molar-refractivity contribution in [1.29, 1.82) is 0 Å². The maximum absolute atomic E-state index is 12.5. The van der Waals surface area contributed by atoms with E-state index in [1.54, 1.807) is 42.2 Å². The molecular weight excluding hydrogens is 387 g/mol. The van der Waals surface area contributed by atoms with Gasteiger partial charge in [0.05, 0.1) is 15.7 Å². The third-order valence-corrected chi connectivity index (χ3v) is 4.77. The number of ether oxygens (including phenoxy) is 1. The van der Waals surface area contributed by atoms with Crippen molar-refractivity contribution in [2.75, 3.05) is 16.8 Å². The fraction of sp³-hybridized carbons (Fsp3) is 0.200. The molecule has 0 spiro atoms. The molecule has 0 fully saturated rings. The topological polar surface area (TPSA) is 58.6 Å². The van der Waals surface area contributed by atoms with E-state index in [4.69, 9.17) is 27.9 Å².